The molecule has 1 aromatic rings. The third kappa shape index (κ3) is 1.11. The van der Waals surface area contributed by atoms with Crippen LogP contribution in [0.5, 0.6) is 0 Å². The van der Waals surface area contributed by atoms with Gasteiger partial charge in [-0.2, -0.15) is 0 Å². The molecule has 0 radical (unpaired) electrons. The number of hydrogen-bond donors (Lipinski definition) is 0. The van der Waals surface area contributed by atoms with Crippen LogP contribution in [0.4, 0.5) is 0 Å². The first-order chi connectivity index (χ1) is 6.43. The number of fused-ring (bicyclic) bond motifs is 1. The zero-order valence-electron chi connectivity index (χ0n) is 7.71. The SMILES string of the molecule is C1=C2CCc3ccnc(c3C2)CC1. The van der Waals surface area contributed by atoms with E-state index in [2.05, 4.69) is 17.1 Å². The van der Waals surface area contributed by atoms with E-state index >= 15 is 0 Å². The van der Waals surface area contributed by atoms with E-state index in [4.69, 9.17) is 0 Å². The van der Waals surface area contributed by atoms with Crippen LogP contribution < -0.4 is 0 Å². The lowest BCUT2D eigenvalue weighted by Crippen LogP contribution is -2.08. The van der Waals surface area contributed by atoms with E-state index in [0.29, 0.717) is 0 Å². The van der Waals surface area contributed by atoms with Crippen molar-refractivity contribution in [2.45, 2.75) is 32.1 Å². The first-order valence-corrected chi connectivity index (χ1v) is 5.07. The van der Waals surface area contributed by atoms with Crippen LogP contribution in [-0.4, -0.2) is 4.98 Å². The highest BCUT2D eigenvalue weighted by Crippen LogP contribution is 2.29. The lowest BCUT2D eigenvalue weighted by Gasteiger charge is -2.18. The first-order valence-electron chi connectivity index (χ1n) is 5.07. The van der Waals surface area contributed by atoms with Crippen molar-refractivity contribution in [3.63, 3.8) is 0 Å². The molecule has 0 saturated carbocycles. The second kappa shape index (κ2) is 2.69. The van der Waals surface area contributed by atoms with Gasteiger partial charge in [-0.05, 0) is 49.3 Å². The molecule has 1 heteroatoms. The van der Waals surface area contributed by atoms with Gasteiger partial charge in [0.15, 0.2) is 0 Å². The third-order valence-electron chi connectivity index (χ3n) is 3.18. The standard InChI is InChI=1S/C12H13N/c1-2-9-4-5-10-6-7-13-12(3-1)11(10)8-9/h2,6-7H,1,3-5,8H2. The molecular formula is C12H13N. The zero-order chi connectivity index (χ0) is 8.67. The number of aromatic nitrogens is 1. The predicted octanol–water partition coefficient (Wildman–Crippen LogP) is 2.44. The van der Waals surface area contributed by atoms with E-state index in [1.54, 1.807) is 11.1 Å². The Labute approximate surface area is 78.5 Å². The number of hydrogen-bond acceptors (Lipinski definition) is 1. The van der Waals surface area contributed by atoms with Crippen molar-refractivity contribution in [2.75, 3.05) is 0 Å². The van der Waals surface area contributed by atoms with Gasteiger partial charge < -0.3 is 0 Å². The Bertz CT molecular complexity index is 377. The Morgan fingerprint density at radius 2 is 2.15 bits per heavy atom. The Kier molecular flexibility index (Phi) is 1.51. The van der Waals surface area contributed by atoms with Crippen molar-refractivity contribution in [3.8, 4) is 0 Å². The maximum absolute atomic E-state index is 4.48. The summed E-state index contributed by atoms with van der Waals surface area (Å²) in [4.78, 5) is 4.48. The highest BCUT2D eigenvalue weighted by molar-refractivity contribution is 5.39. The number of pyridine rings is 1. The maximum Gasteiger partial charge on any atom is 0.0444 e. The second-order valence-corrected chi connectivity index (χ2v) is 3.97. The van der Waals surface area contributed by atoms with Gasteiger partial charge in [-0.1, -0.05) is 11.6 Å². The summed E-state index contributed by atoms with van der Waals surface area (Å²) in [5.74, 6) is 0. The van der Waals surface area contributed by atoms with Crippen LogP contribution in [0.1, 0.15) is 29.7 Å². The molecule has 2 aliphatic rings. The molecule has 0 fully saturated rings. The molecule has 2 bridgehead atoms. The minimum Gasteiger partial charge on any atom is -0.261 e. The van der Waals surface area contributed by atoms with Crippen molar-refractivity contribution in [1.82, 2.24) is 4.98 Å². The first kappa shape index (κ1) is 7.31. The van der Waals surface area contributed by atoms with Gasteiger partial charge in [-0.15, -0.1) is 0 Å². The molecule has 0 aromatic carbocycles. The van der Waals surface area contributed by atoms with Crippen LogP contribution in [0.2, 0.25) is 0 Å². The van der Waals surface area contributed by atoms with Crippen LogP contribution in [-0.2, 0) is 19.3 Å². The maximum atomic E-state index is 4.48. The Morgan fingerprint density at radius 1 is 1.15 bits per heavy atom. The molecule has 0 aliphatic heterocycles. The fourth-order valence-electron chi connectivity index (χ4n) is 2.44. The largest absolute Gasteiger partial charge is 0.261 e. The highest BCUT2D eigenvalue weighted by Gasteiger charge is 2.18. The summed E-state index contributed by atoms with van der Waals surface area (Å²) in [6, 6.07) is 2.20. The normalized spacial score (nSPS) is 19.2. The van der Waals surface area contributed by atoms with Crippen LogP contribution in [0.15, 0.2) is 23.9 Å². The summed E-state index contributed by atoms with van der Waals surface area (Å²) in [5, 5.41) is 0. The molecule has 0 amide bonds. The summed E-state index contributed by atoms with van der Waals surface area (Å²) < 4.78 is 0. The molecule has 13 heavy (non-hydrogen) atoms. The molecule has 0 atom stereocenters. The Hall–Kier alpha value is -1.11. The van der Waals surface area contributed by atoms with Crippen LogP contribution in [0.25, 0.3) is 0 Å². The van der Waals surface area contributed by atoms with Crippen molar-refractivity contribution in [3.05, 3.63) is 40.7 Å². The number of rotatable bonds is 0. The van der Waals surface area contributed by atoms with Crippen molar-refractivity contribution in [1.29, 1.82) is 0 Å². The van der Waals surface area contributed by atoms with Crippen molar-refractivity contribution in [2.24, 2.45) is 0 Å². The molecule has 66 valence electrons. The molecule has 0 spiro atoms. The number of allylic oxidation sites excluding steroid dienone is 2. The van der Waals surface area contributed by atoms with E-state index in [-0.39, 0.29) is 0 Å². The quantitative estimate of drug-likeness (QED) is 0.546. The minimum absolute atomic E-state index is 1.15. The van der Waals surface area contributed by atoms with Gasteiger partial charge in [-0.25, -0.2) is 0 Å². The molecule has 3 rings (SSSR count). The molecule has 2 aliphatic carbocycles. The van der Waals surface area contributed by atoms with Gasteiger partial charge in [0.1, 0.15) is 0 Å². The van der Waals surface area contributed by atoms with Crippen LogP contribution in [0.3, 0.4) is 0 Å². The average molecular weight is 171 g/mol. The summed E-state index contributed by atoms with van der Waals surface area (Å²) in [6.07, 6.45) is 10.4. The lowest BCUT2D eigenvalue weighted by atomic mass is 9.88. The van der Waals surface area contributed by atoms with E-state index < -0.39 is 0 Å². The fraction of sp³-hybridized carbons (Fsp3) is 0.417. The van der Waals surface area contributed by atoms with E-state index in [9.17, 15) is 0 Å². The Morgan fingerprint density at radius 3 is 3.15 bits per heavy atom. The molecular weight excluding hydrogens is 158 g/mol. The van der Waals surface area contributed by atoms with E-state index in [1.165, 1.54) is 36.9 Å². The van der Waals surface area contributed by atoms with Crippen molar-refractivity contribution >= 4 is 0 Å². The molecule has 1 heterocycles. The molecule has 1 nitrogen and oxygen atoms in total. The smallest absolute Gasteiger partial charge is 0.0444 e. The molecule has 0 saturated heterocycles. The zero-order valence-corrected chi connectivity index (χ0v) is 7.71. The summed E-state index contributed by atoms with van der Waals surface area (Å²) in [5.41, 5.74) is 6.07. The lowest BCUT2D eigenvalue weighted by molar-refractivity contribution is 0.823. The highest BCUT2D eigenvalue weighted by atomic mass is 14.7. The van der Waals surface area contributed by atoms with Gasteiger partial charge in [0.25, 0.3) is 0 Å². The average Bonchev–Trinajstić information content (AvgIpc) is 2.36. The van der Waals surface area contributed by atoms with Crippen LogP contribution in [0, 0.1) is 0 Å². The molecule has 0 N–H and O–H groups in total. The van der Waals surface area contributed by atoms with Gasteiger partial charge in [0, 0.05) is 11.9 Å². The van der Waals surface area contributed by atoms with Crippen molar-refractivity contribution < 1.29 is 0 Å². The molecule has 1 aromatic heterocycles. The Balaban J connectivity index is 2.22. The fourth-order valence-corrected chi connectivity index (χ4v) is 2.44. The van der Waals surface area contributed by atoms with Gasteiger partial charge in [0.05, 0.1) is 0 Å². The summed E-state index contributed by atoms with van der Waals surface area (Å²) >= 11 is 0. The van der Waals surface area contributed by atoms with E-state index in [0.717, 1.165) is 6.42 Å². The number of aryl methyl sites for hydroxylation is 2. The van der Waals surface area contributed by atoms with Crippen LogP contribution >= 0.6 is 0 Å². The monoisotopic (exact) mass is 171 g/mol. The second-order valence-electron chi connectivity index (χ2n) is 3.97. The minimum atomic E-state index is 1.15. The van der Waals surface area contributed by atoms with Gasteiger partial charge >= 0.3 is 0 Å². The third-order valence-corrected chi connectivity index (χ3v) is 3.18. The topological polar surface area (TPSA) is 12.9 Å². The number of nitrogens with zero attached hydrogens (tertiary/aromatic N) is 1. The van der Waals surface area contributed by atoms with Gasteiger partial charge in [-0.3, -0.25) is 4.98 Å². The van der Waals surface area contributed by atoms with E-state index in [1.807, 2.05) is 6.20 Å². The predicted molar refractivity (Wildman–Crippen MR) is 52.7 cm³/mol. The summed E-state index contributed by atoms with van der Waals surface area (Å²) in [7, 11) is 0. The van der Waals surface area contributed by atoms with Gasteiger partial charge in [0.2, 0.25) is 0 Å². The molecule has 0 unspecified atom stereocenters. The summed E-state index contributed by atoms with van der Waals surface area (Å²) in [6.45, 7) is 0.